The van der Waals surface area contributed by atoms with Crippen LogP contribution in [0.4, 0.5) is 0 Å². The number of alkyl halides is 3. The number of aromatic carboxylic acids is 1. The quantitative estimate of drug-likeness (QED) is 0.186. The Morgan fingerprint density at radius 2 is 1.55 bits per heavy atom. The first-order valence-corrected chi connectivity index (χ1v) is 14.6. The van der Waals surface area contributed by atoms with E-state index in [1.54, 1.807) is 18.2 Å². The average molecular weight is 625 g/mol. The van der Waals surface area contributed by atoms with Crippen LogP contribution in [0.15, 0.2) is 77.7 Å². The summed E-state index contributed by atoms with van der Waals surface area (Å²) in [5.41, 5.74) is 3.57. The van der Waals surface area contributed by atoms with Crippen molar-refractivity contribution in [3.63, 3.8) is 0 Å². The van der Waals surface area contributed by atoms with Crippen LogP contribution in [0, 0.1) is 5.92 Å². The molecule has 4 atom stereocenters. The summed E-state index contributed by atoms with van der Waals surface area (Å²) in [6.07, 6.45) is -1.27. The maximum atomic E-state index is 11.9. The van der Waals surface area contributed by atoms with Crippen molar-refractivity contribution in [3.8, 4) is 0 Å². The number of halogens is 3. The number of nitrogens with one attached hydrogen (secondary N) is 1. The van der Waals surface area contributed by atoms with Crippen molar-refractivity contribution in [2.45, 2.75) is 47.3 Å². The first-order valence-electron chi connectivity index (χ1n) is 12.5. The summed E-state index contributed by atoms with van der Waals surface area (Å²) < 4.78 is 10.9. The van der Waals surface area contributed by atoms with E-state index in [1.807, 2.05) is 61.5 Å². The number of aliphatic hydroxyl groups excluding tert-OH is 1. The Balaban J connectivity index is 1.54. The van der Waals surface area contributed by atoms with Crippen molar-refractivity contribution in [3.05, 3.63) is 101 Å². The number of amides is 1. The zero-order valence-electron chi connectivity index (χ0n) is 21.4. The van der Waals surface area contributed by atoms with Gasteiger partial charge in [-0.05, 0) is 28.8 Å². The van der Waals surface area contributed by atoms with E-state index in [0.717, 1.165) is 22.3 Å². The Labute approximate surface area is 251 Å². The van der Waals surface area contributed by atoms with Gasteiger partial charge in [-0.2, -0.15) is 0 Å². The number of carboxylic acid groups (broad SMARTS) is 1. The van der Waals surface area contributed by atoms with Crippen LogP contribution in [0.1, 0.15) is 51.9 Å². The first-order chi connectivity index (χ1) is 19.1. The van der Waals surface area contributed by atoms with Gasteiger partial charge in [-0.3, -0.25) is 4.79 Å². The summed E-state index contributed by atoms with van der Waals surface area (Å²) in [6.45, 7) is 2.17. The van der Waals surface area contributed by atoms with Gasteiger partial charge >= 0.3 is 5.97 Å². The Bertz CT molecular complexity index is 1320. The molecule has 0 saturated carbocycles. The molecule has 3 aromatic carbocycles. The number of aliphatic hydroxyl groups is 1. The lowest BCUT2D eigenvalue weighted by Crippen LogP contribution is -2.38. The van der Waals surface area contributed by atoms with Crippen LogP contribution in [0.25, 0.3) is 0 Å². The van der Waals surface area contributed by atoms with Gasteiger partial charge in [0.2, 0.25) is 0 Å². The molecule has 1 amide bonds. The molecular weight excluding hydrogens is 597 g/mol. The Hall–Kier alpha value is -2.30. The van der Waals surface area contributed by atoms with Crippen molar-refractivity contribution in [1.82, 2.24) is 5.32 Å². The van der Waals surface area contributed by atoms with E-state index in [1.165, 1.54) is 11.8 Å². The molecule has 1 fully saturated rings. The summed E-state index contributed by atoms with van der Waals surface area (Å²) in [6, 6.07) is 21.9. The van der Waals surface area contributed by atoms with Crippen molar-refractivity contribution >= 4 is 58.4 Å². The molecule has 11 heteroatoms. The molecule has 0 unspecified atom stereocenters. The highest BCUT2D eigenvalue weighted by atomic mass is 35.6. The monoisotopic (exact) mass is 623 g/mol. The molecule has 7 nitrogen and oxygen atoms in total. The van der Waals surface area contributed by atoms with Gasteiger partial charge in [-0.25, -0.2) is 4.79 Å². The van der Waals surface area contributed by atoms with E-state index in [9.17, 15) is 19.8 Å². The van der Waals surface area contributed by atoms with Crippen molar-refractivity contribution in [2.75, 3.05) is 5.75 Å². The minimum Gasteiger partial charge on any atom is -0.478 e. The minimum absolute atomic E-state index is 0.0518. The topological polar surface area (TPSA) is 105 Å². The number of rotatable bonds is 9. The molecule has 4 rings (SSSR count). The van der Waals surface area contributed by atoms with Crippen molar-refractivity contribution < 1.29 is 29.3 Å². The predicted molar refractivity (Wildman–Crippen MR) is 156 cm³/mol. The molecule has 1 aliphatic rings. The fourth-order valence-electron chi connectivity index (χ4n) is 4.33. The number of benzene rings is 3. The van der Waals surface area contributed by atoms with Crippen LogP contribution in [0.3, 0.4) is 0 Å². The van der Waals surface area contributed by atoms with E-state index in [4.69, 9.17) is 44.3 Å². The number of carbonyl (C=O) groups is 2. The Kier molecular flexibility index (Phi) is 10.4. The van der Waals surface area contributed by atoms with Crippen LogP contribution in [-0.2, 0) is 27.4 Å². The molecule has 3 N–H and O–H groups in total. The second kappa shape index (κ2) is 13.6. The molecule has 0 bridgehead atoms. The highest BCUT2D eigenvalue weighted by Gasteiger charge is 2.38. The molecule has 0 aliphatic carbocycles. The van der Waals surface area contributed by atoms with E-state index in [2.05, 4.69) is 5.32 Å². The van der Waals surface area contributed by atoms with E-state index in [-0.39, 0.29) is 36.8 Å². The smallest absolute Gasteiger partial charge is 0.336 e. The third kappa shape index (κ3) is 7.70. The third-order valence-electron chi connectivity index (χ3n) is 6.61. The molecule has 40 heavy (non-hydrogen) atoms. The zero-order chi connectivity index (χ0) is 28.9. The maximum absolute atomic E-state index is 11.9. The maximum Gasteiger partial charge on any atom is 0.336 e. The second-order valence-electron chi connectivity index (χ2n) is 9.36. The number of carboxylic acids is 1. The minimum atomic E-state index is -2.04. The molecule has 0 aromatic heterocycles. The molecule has 1 heterocycles. The molecule has 3 aromatic rings. The molecule has 1 saturated heterocycles. The van der Waals surface area contributed by atoms with Crippen LogP contribution in [0.5, 0.6) is 0 Å². The van der Waals surface area contributed by atoms with Gasteiger partial charge in [0, 0.05) is 28.7 Å². The van der Waals surface area contributed by atoms with Gasteiger partial charge in [0.25, 0.3) is 9.70 Å². The second-order valence-corrected chi connectivity index (χ2v) is 12.7. The Morgan fingerprint density at radius 1 is 0.925 bits per heavy atom. The van der Waals surface area contributed by atoms with E-state index >= 15 is 0 Å². The molecule has 1 aliphatic heterocycles. The van der Waals surface area contributed by atoms with Gasteiger partial charge in [0.05, 0.1) is 24.4 Å². The van der Waals surface area contributed by atoms with Gasteiger partial charge in [-0.15, -0.1) is 11.8 Å². The number of hydrogen-bond acceptors (Lipinski definition) is 6. The lowest BCUT2D eigenvalue weighted by molar-refractivity contribution is -0.268. The normalized spacial score (nSPS) is 21.1. The van der Waals surface area contributed by atoms with Crippen molar-refractivity contribution in [2.24, 2.45) is 5.92 Å². The third-order valence-corrected chi connectivity index (χ3v) is 8.28. The highest BCUT2D eigenvalue weighted by Crippen LogP contribution is 2.43. The lowest BCUT2D eigenvalue weighted by Gasteiger charge is -2.41. The predicted octanol–water partition coefficient (Wildman–Crippen LogP) is 6.45. The molecule has 212 valence electrons. The standard InChI is InChI=1S/C29H28Cl3NO6S/c1-17-23(16-40-24-5-3-2-4-22(24)26(35)36)38-27(39-25(17)20-10-8-19(15-34)9-11-20)21-12-6-18(7-13-21)14-33-28(37)29(30,31)32/h2-13,17,23,25,27,34H,14-16H2,1H3,(H,33,37)(H,35,36)/t17-,23+,25+,27+/m0/s1. The first kappa shape index (κ1) is 30.7. The van der Waals surface area contributed by atoms with Crippen LogP contribution >= 0.6 is 46.6 Å². The van der Waals surface area contributed by atoms with Gasteiger partial charge in [0.15, 0.2) is 6.29 Å². The lowest BCUT2D eigenvalue weighted by atomic mass is 9.91. The fraction of sp³-hybridized carbons (Fsp3) is 0.310. The summed E-state index contributed by atoms with van der Waals surface area (Å²) in [5, 5.41) is 21.6. The van der Waals surface area contributed by atoms with E-state index < -0.39 is 22.0 Å². The Morgan fingerprint density at radius 3 is 2.17 bits per heavy atom. The number of hydrogen-bond donors (Lipinski definition) is 3. The number of ether oxygens (including phenoxy) is 2. The highest BCUT2D eigenvalue weighted by molar-refractivity contribution is 7.99. The van der Waals surface area contributed by atoms with Crippen LogP contribution in [0.2, 0.25) is 0 Å². The van der Waals surface area contributed by atoms with Crippen LogP contribution < -0.4 is 5.32 Å². The number of thioether (sulfide) groups is 1. The fourth-order valence-corrected chi connectivity index (χ4v) is 5.74. The van der Waals surface area contributed by atoms with Gasteiger partial charge in [-0.1, -0.05) is 102 Å². The van der Waals surface area contributed by atoms with Crippen molar-refractivity contribution in [1.29, 1.82) is 0 Å². The average Bonchev–Trinajstić information content (AvgIpc) is 2.95. The molecule has 0 spiro atoms. The van der Waals surface area contributed by atoms with Gasteiger partial charge < -0.3 is 25.0 Å². The SMILES string of the molecule is C[C@H]1[C@@H](CSc2ccccc2C(=O)O)O[C@@H](c2ccc(CNC(=O)C(Cl)(Cl)Cl)cc2)O[C@H]1c1ccc(CO)cc1. The zero-order valence-corrected chi connectivity index (χ0v) is 24.5. The summed E-state index contributed by atoms with van der Waals surface area (Å²) in [7, 11) is 0. The largest absolute Gasteiger partial charge is 0.478 e. The number of carbonyl (C=O) groups excluding carboxylic acids is 1. The molecule has 0 radical (unpaired) electrons. The van der Waals surface area contributed by atoms with E-state index in [0.29, 0.717) is 10.6 Å². The molecular formula is C29H28Cl3NO6S. The van der Waals surface area contributed by atoms with Crippen LogP contribution in [-0.4, -0.2) is 37.7 Å². The summed E-state index contributed by atoms with van der Waals surface area (Å²) in [4.78, 5) is 24.2. The summed E-state index contributed by atoms with van der Waals surface area (Å²) in [5.74, 6) is -1.24. The van der Waals surface area contributed by atoms with Gasteiger partial charge in [0.1, 0.15) is 0 Å². The summed E-state index contributed by atoms with van der Waals surface area (Å²) >= 11 is 18.3.